The number of amides is 1. The van der Waals surface area contributed by atoms with E-state index < -0.39 is 41.4 Å². The average Bonchev–Trinajstić information content (AvgIpc) is 2.88. The van der Waals surface area contributed by atoms with Gasteiger partial charge in [-0.2, -0.15) is 13.2 Å². The molecule has 0 aromatic heterocycles. The molecule has 126 valence electrons. The van der Waals surface area contributed by atoms with Crippen LogP contribution in [0.25, 0.3) is 0 Å². The number of carbonyl (C=O) groups is 2. The first-order valence-corrected chi connectivity index (χ1v) is 6.94. The molecule has 23 heavy (non-hydrogen) atoms. The van der Waals surface area contributed by atoms with Gasteiger partial charge in [-0.05, 0) is 25.5 Å². The molecule has 1 aliphatic rings. The van der Waals surface area contributed by atoms with Crippen molar-refractivity contribution in [1.29, 1.82) is 0 Å². The number of ether oxygens (including phenoxy) is 1. The van der Waals surface area contributed by atoms with Crippen LogP contribution >= 0.6 is 0 Å². The minimum atomic E-state index is -4.57. The summed E-state index contributed by atoms with van der Waals surface area (Å²) in [4.78, 5) is 24.4. The lowest BCUT2D eigenvalue weighted by Gasteiger charge is -2.20. The number of carboxylic acid groups (broad SMARTS) is 1. The zero-order chi connectivity index (χ0) is 17.3. The smallest absolute Gasteiger partial charge is 0.419 e. The van der Waals surface area contributed by atoms with Crippen LogP contribution in [0.3, 0.4) is 0 Å². The van der Waals surface area contributed by atoms with E-state index in [1.165, 1.54) is 24.0 Å². The maximum Gasteiger partial charge on any atom is 0.419 e. The fraction of sp³-hybridized carbons (Fsp3) is 0.467. The molecule has 1 heterocycles. The largest absolute Gasteiger partial charge is 0.483 e. The van der Waals surface area contributed by atoms with Crippen LogP contribution in [0.4, 0.5) is 13.2 Å². The first-order chi connectivity index (χ1) is 10.6. The maximum absolute atomic E-state index is 12.8. The summed E-state index contributed by atoms with van der Waals surface area (Å²) in [5, 5.41) is 9.11. The third-order valence-corrected chi connectivity index (χ3v) is 3.89. The van der Waals surface area contributed by atoms with Crippen LogP contribution in [0.2, 0.25) is 0 Å². The molecular weight excluding hydrogens is 315 g/mol. The topological polar surface area (TPSA) is 66.8 Å². The second-order valence-electron chi connectivity index (χ2n) is 5.71. The van der Waals surface area contributed by atoms with Gasteiger partial charge in [-0.15, -0.1) is 0 Å². The zero-order valence-corrected chi connectivity index (χ0v) is 12.4. The molecule has 1 amide bonds. The lowest BCUT2D eigenvalue weighted by Crippen LogP contribution is -2.37. The van der Waals surface area contributed by atoms with Gasteiger partial charge in [0.2, 0.25) is 0 Å². The number of carbonyl (C=O) groups excluding carboxylic acids is 1. The monoisotopic (exact) mass is 331 g/mol. The minimum absolute atomic E-state index is 0.0193. The van der Waals surface area contributed by atoms with Crippen molar-refractivity contribution >= 4 is 11.9 Å². The van der Waals surface area contributed by atoms with Gasteiger partial charge >= 0.3 is 12.1 Å². The second-order valence-corrected chi connectivity index (χ2v) is 5.71. The van der Waals surface area contributed by atoms with Crippen molar-refractivity contribution in [2.75, 3.05) is 19.7 Å². The summed E-state index contributed by atoms with van der Waals surface area (Å²) in [6, 6.07) is 4.63. The fourth-order valence-electron chi connectivity index (χ4n) is 2.41. The highest BCUT2D eigenvalue weighted by Crippen LogP contribution is 2.36. The Morgan fingerprint density at radius 3 is 2.57 bits per heavy atom. The van der Waals surface area contributed by atoms with Crippen LogP contribution in [0.5, 0.6) is 5.75 Å². The lowest BCUT2D eigenvalue weighted by atomic mass is 9.90. The first-order valence-electron chi connectivity index (χ1n) is 6.94. The van der Waals surface area contributed by atoms with Crippen molar-refractivity contribution in [3.05, 3.63) is 29.8 Å². The third-order valence-electron chi connectivity index (χ3n) is 3.89. The van der Waals surface area contributed by atoms with E-state index in [0.29, 0.717) is 6.42 Å². The summed E-state index contributed by atoms with van der Waals surface area (Å²) in [5.41, 5.74) is -1.98. The van der Waals surface area contributed by atoms with Crippen LogP contribution in [0.15, 0.2) is 24.3 Å². The van der Waals surface area contributed by atoms with Crippen molar-refractivity contribution in [3.63, 3.8) is 0 Å². The standard InChI is InChI=1S/C15H16F3NO4/c1-14(13(21)22)6-7-19(9-14)12(20)8-23-11-5-3-2-4-10(11)15(16,17)18/h2-5H,6-9H2,1H3,(H,21,22)/t14-/m0/s1. The second kappa shape index (κ2) is 6.10. The molecule has 0 spiro atoms. The highest BCUT2D eigenvalue weighted by Gasteiger charge is 2.42. The Morgan fingerprint density at radius 1 is 1.35 bits per heavy atom. The van der Waals surface area contributed by atoms with Crippen LogP contribution in [-0.2, 0) is 15.8 Å². The van der Waals surface area contributed by atoms with Gasteiger partial charge in [0, 0.05) is 13.1 Å². The van der Waals surface area contributed by atoms with Gasteiger partial charge in [0.1, 0.15) is 5.75 Å². The quantitative estimate of drug-likeness (QED) is 0.920. The first kappa shape index (κ1) is 17.1. The van der Waals surface area contributed by atoms with E-state index in [-0.39, 0.29) is 13.1 Å². The molecule has 1 N–H and O–H groups in total. The Kier molecular flexibility index (Phi) is 4.53. The molecule has 0 aliphatic carbocycles. The van der Waals surface area contributed by atoms with E-state index in [4.69, 9.17) is 9.84 Å². The number of alkyl halides is 3. The van der Waals surface area contributed by atoms with E-state index in [2.05, 4.69) is 0 Å². The molecule has 1 aromatic rings. The number of rotatable bonds is 4. The summed E-state index contributed by atoms with van der Waals surface area (Å²) in [5.74, 6) is -1.96. The molecule has 8 heteroatoms. The van der Waals surface area contributed by atoms with Gasteiger partial charge in [-0.25, -0.2) is 0 Å². The molecule has 1 saturated heterocycles. The highest BCUT2D eigenvalue weighted by atomic mass is 19.4. The molecular formula is C15H16F3NO4. The number of nitrogens with zero attached hydrogens (tertiary/aromatic N) is 1. The molecule has 2 rings (SSSR count). The minimum Gasteiger partial charge on any atom is -0.483 e. The number of benzene rings is 1. The van der Waals surface area contributed by atoms with Crippen molar-refractivity contribution < 1.29 is 32.6 Å². The highest BCUT2D eigenvalue weighted by molar-refractivity contribution is 5.81. The molecule has 1 aliphatic heterocycles. The number of hydrogen-bond donors (Lipinski definition) is 1. The van der Waals surface area contributed by atoms with E-state index in [0.717, 1.165) is 12.1 Å². The number of hydrogen-bond acceptors (Lipinski definition) is 3. The van der Waals surface area contributed by atoms with Crippen LogP contribution < -0.4 is 4.74 Å². The van der Waals surface area contributed by atoms with Gasteiger partial charge in [0.05, 0.1) is 11.0 Å². The van der Waals surface area contributed by atoms with Crippen LogP contribution in [0.1, 0.15) is 18.9 Å². The molecule has 1 atom stereocenters. The summed E-state index contributed by atoms with van der Waals surface area (Å²) >= 11 is 0. The third kappa shape index (κ3) is 3.75. The average molecular weight is 331 g/mol. The molecule has 0 radical (unpaired) electrons. The lowest BCUT2D eigenvalue weighted by molar-refractivity contribution is -0.147. The van der Waals surface area contributed by atoms with Crippen LogP contribution in [0, 0.1) is 5.41 Å². The van der Waals surface area contributed by atoms with Gasteiger partial charge < -0.3 is 14.7 Å². The van der Waals surface area contributed by atoms with E-state index >= 15 is 0 Å². The zero-order valence-electron chi connectivity index (χ0n) is 12.4. The van der Waals surface area contributed by atoms with Crippen molar-refractivity contribution in [3.8, 4) is 5.75 Å². The number of para-hydroxylation sites is 1. The molecule has 0 bridgehead atoms. The summed E-state index contributed by atoms with van der Waals surface area (Å²) in [7, 11) is 0. The van der Waals surface area contributed by atoms with Gasteiger partial charge in [0.25, 0.3) is 5.91 Å². The Balaban J connectivity index is 2.00. The Bertz CT molecular complexity index is 617. The van der Waals surface area contributed by atoms with Crippen molar-refractivity contribution in [2.24, 2.45) is 5.41 Å². The van der Waals surface area contributed by atoms with Crippen LogP contribution in [-0.4, -0.2) is 41.6 Å². The summed E-state index contributed by atoms with van der Waals surface area (Å²) in [6.45, 7) is 1.22. The predicted octanol–water partition coefficient (Wildman–Crippen LogP) is 2.41. The predicted molar refractivity (Wildman–Crippen MR) is 73.9 cm³/mol. The Morgan fingerprint density at radius 2 is 2.00 bits per heavy atom. The van der Waals surface area contributed by atoms with Crippen molar-refractivity contribution in [2.45, 2.75) is 19.5 Å². The summed E-state index contributed by atoms with van der Waals surface area (Å²) < 4.78 is 43.5. The fourth-order valence-corrected chi connectivity index (χ4v) is 2.41. The summed E-state index contributed by atoms with van der Waals surface area (Å²) in [6.07, 6.45) is -4.28. The molecule has 0 saturated carbocycles. The maximum atomic E-state index is 12.8. The van der Waals surface area contributed by atoms with E-state index in [1.54, 1.807) is 0 Å². The normalized spacial score (nSPS) is 21.3. The SMILES string of the molecule is C[C@]1(C(=O)O)CCN(C(=O)COc2ccccc2C(F)(F)F)C1. The van der Waals surface area contributed by atoms with E-state index in [1.807, 2.05) is 0 Å². The number of aliphatic carboxylic acids is 1. The van der Waals surface area contributed by atoms with Gasteiger partial charge in [0.15, 0.2) is 6.61 Å². The van der Waals surface area contributed by atoms with E-state index in [9.17, 15) is 22.8 Å². The van der Waals surface area contributed by atoms with Gasteiger partial charge in [-0.1, -0.05) is 12.1 Å². The molecule has 5 nitrogen and oxygen atoms in total. The van der Waals surface area contributed by atoms with Crippen molar-refractivity contribution in [1.82, 2.24) is 4.90 Å². The number of likely N-dealkylation sites (tertiary alicyclic amines) is 1. The van der Waals surface area contributed by atoms with Gasteiger partial charge in [-0.3, -0.25) is 9.59 Å². The Labute approximate surface area is 130 Å². The number of carboxylic acids is 1. The number of halogens is 3. The molecule has 1 aromatic carbocycles. The molecule has 0 unspecified atom stereocenters. The Hall–Kier alpha value is -2.25. The molecule has 1 fully saturated rings.